The molecule has 6 nitrogen and oxygen atoms in total. The fraction of sp³-hybridized carbons (Fsp3) is 0.450. The average Bonchev–Trinajstić information content (AvgIpc) is 3.25. The molecule has 2 aliphatic rings. The van der Waals surface area contributed by atoms with Crippen LogP contribution in [0.15, 0.2) is 47.4 Å². The molecule has 0 aromatic heterocycles. The van der Waals surface area contributed by atoms with Crippen LogP contribution in [0.1, 0.15) is 12.8 Å². The molecule has 0 spiro atoms. The maximum Gasteiger partial charge on any atom is 0.243 e. The second-order valence-corrected chi connectivity index (χ2v) is 9.55. The quantitative estimate of drug-likeness (QED) is 0.767. The molecule has 0 saturated carbocycles. The monoisotopic (exact) mass is 419 g/mol. The number of fused-ring (bicyclic) bond motifs is 1. The molecule has 2 aliphatic heterocycles. The van der Waals surface area contributed by atoms with Crippen molar-refractivity contribution in [3.05, 3.63) is 42.5 Å². The van der Waals surface area contributed by atoms with Crippen molar-refractivity contribution in [2.45, 2.75) is 23.8 Å². The lowest BCUT2D eigenvalue weighted by Gasteiger charge is -2.35. The Morgan fingerprint density at radius 1 is 1.11 bits per heavy atom. The highest BCUT2D eigenvalue weighted by atomic mass is 32.2. The smallest absolute Gasteiger partial charge is 0.243 e. The number of nitrogens with one attached hydrogen (secondary N) is 1. The highest BCUT2D eigenvalue weighted by Crippen LogP contribution is 2.23. The third-order valence-corrected chi connectivity index (χ3v) is 7.69. The Bertz CT molecular complexity index is 950. The summed E-state index contributed by atoms with van der Waals surface area (Å²) in [6, 6.07) is 13.1. The van der Waals surface area contributed by atoms with Gasteiger partial charge in [-0.05, 0) is 48.0 Å². The van der Waals surface area contributed by atoms with Gasteiger partial charge in [0.05, 0.1) is 11.0 Å². The molecule has 0 unspecified atom stereocenters. The molecule has 2 aromatic rings. The van der Waals surface area contributed by atoms with Gasteiger partial charge in [-0.25, -0.2) is 8.42 Å². The molecule has 0 bridgehead atoms. The van der Waals surface area contributed by atoms with Crippen LogP contribution in [0, 0.1) is 0 Å². The molecule has 0 aliphatic carbocycles. The predicted octanol–water partition coefficient (Wildman–Crippen LogP) is 2.20. The zero-order valence-corrected chi connectivity index (χ0v) is 17.3. The molecule has 0 amide bonds. The maximum atomic E-state index is 13.0. The van der Waals surface area contributed by atoms with Crippen LogP contribution in [0.3, 0.4) is 0 Å². The Balaban J connectivity index is 1.37. The molecule has 8 heteroatoms. The van der Waals surface area contributed by atoms with E-state index in [0.29, 0.717) is 42.7 Å². The van der Waals surface area contributed by atoms with Gasteiger partial charge in [0, 0.05) is 39.3 Å². The van der Waals surface area contributed by atoms with E-state index in [9.17, 15) is 8.42 Å². The van der Waals surface area contributed by atoms with Gasteiger partial charge in [-0.2, -0.15) is 4.31 Å². The summed E-state index contributed by atoms with van der Waals surface area (Å²) >= 11 is 5.48. The van der Waals surface area contributed by atoms with Crippen molar-refractivity contribution in [1.82, 2.24) is 14.5 Å². The summed E-state index contributed by atoms with van der Waals surface area (Å²) in [7, 11) is -3.51. The van der Waals surface area contributed by atoms with E-state index in [1.54, 1.807) is 16.4 Å². The van der Waals surface area contributed by atoms with Crippen molar-refractivity contribution in [3.8, 4) is 0 Å². The first-order chi connectivity index (χ1) is 13.5. The fourth-order valence-electron chi connectivity index (χ4n) is 3.73. The van der Waals surface area contributed by atoms with Gasteiger partial charge in [-0.1, -0.05) is 30.3 Å². The lowest BCUT2D eigenvalue weighted by molar-refractivity contribution is 0.113. The van der Waals surface area contributed by atoms with Gasteiger partial charge >= 0.3 is 0 Å². The van der Waals surface area contributed by atoms with E-state index in [-0.39, 0.29) is 6.10 Å². The van der Waals surface area contributed by atoms with Crippen LogP contribution in [0.5, 0.6) is 0 Å². The van der Waals surface area contributed by atoms with Gasteiger partial charge in [0.1, 0.15) is 0 Å². The maximum absolute atomic E-state index is 13.0. The van der Waals surface area contributed by atoms with E-state index >= 15 is 0 Å². The van der Waals surface area contributed by atoms with Gasteiger partial charge < -0.3 is 15.0 Å². The summed E-state index contributed by atoms with van der Waals surface area (Å²) in [4.78, 5) is 2.38. The number of piperazine rings is 1. The number of ether oxygens (including phenoxy) is 1. The highest BCUT2D eigenvalue weighted by Gasteiger charge is 2.29. The van der Waals surface area contributed by atoms with E-state index in [1.807, 2.05) is 35.2 Å². The first kappa shape index (κ1) is 19.6. The standard InChI is InChI=1S/C20H25N3O3S2/c24-28(25,19-8-7-16-4-1-2-5-17(16)14-19)23-11-9-22(10-12-23)20(27)21-15-18-6-3-13-26-18/h1-2,4-5,7-8,14,18H,3,6,9-13,15H2,(H,21,27)/t18-/m0/s1. The van der Waals surface area contributed by atoms with E-state index in [0.717, 1.165) is 30.2 Å². The van der Waals surface area contributed by atoms with E-state index in [2.05, 4.69) is 5.32 Å². The summed E-state index contributed by atoms with van der Waals surface area (Å²) < 4.78 is 33.3. The van der Waals surface area contributed by atoms with E-state index in [1.165, 1.54) is 0 Å². The van der Waals surface area contributed by atoms with Crippen molar-refractivity contribution >= 4 is 38.1 Å². The van der Waals surface area contributed by atoms with Crippen LogP contribution < -0.4 is 5.32 Å². The minimum atomic E-state index is -3.51. The van der Waals surface area contributed by atoms with Crippen molar-refractivity contribution in [2.24, 2.45) is 0 Å². The number of rotatable bonds is 4. The largest absolute Gasteiger partial charge is 0.376 e. The zero-order chi connectivity index (χ0) is 19.6. The van der Waals surface area contributed by atoms with Crippen LogP contribution in [0.2, 0.25) is 0 Å². The molecular weight excluding hydrogens is 394 g/mol. The number of benzene rings is 2. The molecule has 2 heterocycles. The Labute approximate surface area is 171 Å². The van der Waals surface area contributed by atoms with E-state index < -0.39 is 10.0 Å². The Morgan fingerprint density at radius 2 is 1.86 bits per heavy atom. The first-order valence-corrected chi connectivity index (χ1v) is 11.5. The van der Waals surface area contributed by atoms with Crippen LogP contribution >= 0.6 is 12.2 Å². The molecule has 2 aromatic carbocycles. The third-order valence-electron chi connectivity index (χ3n) is 5.39. The lowest BCUT2D eigenvalue weighted by atomic mass is 10.1. The Kier molecular flexibility index (Phi) is 5.82. The van der Waals surface area contributed by atoms with Crippen LogP contribution in [-0.4, -0.2) is 68.2 Å². The molecule has 0 radical (unpaired) electrons. The summed E-state index contributed by atoms with van der Waals surface area (Å²) in [6.45, 7) is 3.57. The Morgan fingerprint density at radius 3 is 2.57 bits per heavy atom. The molecule has 1 atom stereocenters. The average molecular weight is 420 g/mol. The molecule has 2 saturated heterocycles. The summed E-state index contributed by atoms with van der Waals surface area (Å²) in [5.41, 5.74) is 0. The SMILES string of the molecule is O=S(=O)(c1ccc2ccccc2c1)N1CCN(C(=S)NC[C@@H]2CCCO2)CC1. The molecule has 4 rings (SSSR count). The molecular formula is C20H25N3O3S2. The normalized spacial score (nSPS) is 21.1. The van der Waals surface area contributed by atoms with Crippen molar-refractivity contribution in [1.29, 1.82) is 0 Å². The highest BCUT2D eigenvalue weighted by molar-refractivity contribution is 7.89. The van der Waals surface area contributed by atoms with Crippen molar-refractivity contribution < 1.29 is 13.2 Å². The third kappa shape index (κ3) is 4.15. The van der Waals surface area contributed by atoms with Gasteiger partial charge in [-0.15, -0.1) is 0 Å². The van der Waals surface area contributed by atoms with Gasteiger partial charge in [-0.3, -0.25) is 0 Å². The second-order valence-electron chi connectivity index (χ2n) is 7.22. The molecule has 2 fully saturated rings. The topological polar surface area (TPSA) is 61.9 Å². The second kappa shape index (κ2) is 8.32. The van der Waals surface area contributed by atoms with Crippen molar-refractivity contribution in [2.75, 3.05) is 39.3 Å². The van der Waals surface area contributed by atoms with Crippen LogP contribution in [-0.2, 0) is 14.8 Å². The Hall–Kier alpha value is -1.74. The molecule has 150 valence electrons. The first-order valence-electron chi connectivity index (χ1n) is 9.67. The summed E-state index contributed by atoms with van der Waals surface area (Å²) in [6.07, 6.45) is 2.39. The fourth-order valence-corrected chi connectivity index (χ4v) is 5.45. The predicted molar refractivity (Wildman–Crippen MR) is 114 cm³/mol. The van der Waals surface area contributed by atoms with Crippen molar-refractivity contribution in [3.63, 3.8) is 0 Å². The number of thiocarbonyl (C=S) groups is 1. The zero-order valence-electron chi connectivity index (χ0n) is 15.7. The van der Waals surface area contributed by atoms with Gasteiger partial charge in [0.25, 0.3) is 0 Å². The summed E-state index contributed by atoms with van der Waals surface area (Å²) in [5.74, 6) is 0. The number of nitrogens with zero attached hydrogens (tertiary/aromatic N) is 2. The number of hydrogen-bond donors (Lipinski definition) is 1. The lowest BCUT2D eigenvalue weighted by Crippen LogP contribution is -2.53. The minimum absolute atomic E-state index is 0.229. The van der Waals surface area contributed by atoms with Gasteiger partial charge in [0.15, 0.2) is 5.11 Å². The van der Waals surface area contributed by atoms with Crippen LogP contribution in [0.25, 0.3) is 10.8 Å². The summed E-state index contributed by atoms with van der Waals surface area (Å²) in [5, 5.41) is 5.91. The molecule has 1 N–H and O–H groups in total. The number of sulfonamides is 1. The number of hydrogen-bond acceptors (Lipinski definition) is 4. The van der Waals surface area contributed by atoms with Crippen LogP contribution in [0.4, 0.5) is 0 Å². The van der Waals surface area contributed by atoms with Gasteiger partial charge in [0.2, 0.25) is 10.0 Å². The van der Waals surface area contributed by atoms with E-state index in [4.69, 9.17) is 17.0 Å². The molecule has 28 heavy (non-hydrogen) atoms. The minimum Gasteiger partial charge on any atom is -0.376 e.